The van der Waals surface area contributed by atoms with Crippen molar-refractivity contribution in [1.29, 1.82) is 0 Å². The van der Waals surface area contributed by atoms with Crippen molar-refractivity contribution >= 4 is 22.2 Å². The number of nitrogens with zero attached hydrogens (tertiary/aromatic N) is 3. The number of allylic oxidation sites excluding steroid dienone is 7. The highest BCUT2D eigenvalue weighted by atomic mass is 15.2. The number of aromatic amines is 2. The van der Waals surface area contributed by atoms with Crippen molar-refractivity contribution in [2.45, 2.75) is 26.7 Å². The molecule has 0 unspecified atom stereocenters. The first kappa shape index (κ1) is 25.0. The Hall–Kier alpha value is -4.71. The van der Waals surface area contributed by atoms with Gasteiger partial charge in [0.25, 0.3) is 0 Å². The minimum atomic E-state index is 0.563. The van der Waals surface area contributed by atoms with E-state index in [4.69, 9.17) is 0 Å². The predicted octanol–water partition coefficient (Wildman–Crippen LogP) is 7.26. The second-order valence-corrected chi connectivity index (χ2v) is 9.45. The van der Waals surface area contributed by atoms with E-state index in [0.29, 0.717) is 11.6 Å². The number of rotatable bonds is 10. The van der Waals surface area contributed by atoms with Gasteiger partial charge in [-0.2, -0.15) is 5.10 Å². The molecule has 4 aromatic heterocycles. The summed E-state index contributed by atoms with van der Waals surface area (Å²) in [6.45, 7) is 16.2. The summed E-state index contributed by atoms with van der Waals surface area (Å²) in [5, 5.41) is 12.0. The summed E-state index contributed by atoms with van der Waals surface area (Å²) in [4.78, 5) is 12.5. The van der Waals surface area contributed by atoms with Gasteiger partial charge in [-0.1, -0.05) is 44.0 Å². The van der Waals surface area contributed by atoms with Crippen LogP contribution < -0.4 is 5.32 Å². The second-order valence-electron chi connectivity index (χ2n) is 9.45. The highest BCUT2D eigenvalue weighted by Crippen LogP contribution is 2.35. The van der Waals surface area contributed by atoms with Crippen molar-refractivity contribution in [2.75, 3.05) is 0 Å². The normalized spacial score (nSPS) is 14.5. The Balaban J connectivity index is 1.51. The van der Waals surface area contributed by atoms with Crippen LogP contribution in [0.25, 0.3) is 33.6 Å². The smallest absolute Gasteiger partial charge is 0.181 e. The quantitative estimate of drug-likeness (QED) is 0.200. The average Bonchev–Trinajstić information content (AvgIpc) is 3.61. The number of H-pyrrole nitrogens is 2. The van der Waals surface area contributed by atoms with E-state index < -0.39 is 0 Å². The monoisotopic (exact) mass is 500 g/mol. The molecule has 38 heavy (non-hydrogen) atoms. The van der Waals surface area contributed by atoms with Gasteiger partial charge in [0.2, 0.25) is 0 Å². The van der Waals surface area contributed by atoms with Gasteiger partial charge in [-0.25, -0.2) is 4.98 Å². The Morgan fingerprint density at radius 3 is 2.68 bits per heavy atom. The number of hydrogen-bond donors (Lipinski definition) is 3. The van der Waals surface area contributed by atoms with Gasteiger partial charge >= 0.3 is 0 Å². The van der Waals surface area contributed by atoms with E-state index in [9.17, 15) is 0 Å². The highest BCUT2D eigenvalue weighted by Gasteiger charge is 2.24. The van der Waals surface area contributed by atoms with Crippen LogP contribution in [0, 0.1) is 12.8 Å². The molecule has 0 aliphatic heterocycles. The van der Waals surface area contributed by atoms with Crippen LogP contribution in [0.2, 0.25) is 0 Å². The number of fused-ring (bicyclic) bond motifs is 1. The summed E-state index contributed by atoms with van der Waals surface area (Å²) < 4.78 is 0. The molecule has 0 atom stereocenters. The molecule has 0 spiro atoms. The molecule has 3 N–H and O–H groups in total. The topological polar surface area (TPSA) is 82.3 Å². The molecule has 4 aromatic rings. The van der Waals surface area contributed by atoms with Gasteiger partial charge in [0.15, 0.2) is 5.65 Å². The lowest BCUT2D eigenvalue weighted by Crippen LogP contribution is -2.11. The van der Waals surface area contributed by atoms with Crippen LogP contribution in [0.3, 0.4) is 0 Å². The Bertz CT molecular complexity index is 1610. The summed E-state index contributed by atoms with van der Waals surface area (Å²) in [6, 6.07) is 8.25. The van der Waals surface area contributed by atoms with Crippen LogP contribution in [0.15, 0.2) is 104 Å². The fourth-order valence-corrected chi connectivity index (χ4v) is 4.58. The molecule has 1 saturated carbocycles. The van der Waals surface area contributed by atoms with E-state index in [1.807, 2.05) is 37.5 Å². The molecule has 190 valence electrons. The van der Waals surface area contributed by atoms with Crippen LogP contribution >= 0.6 is 0 Å². The van der Waals surface area contributed by atoms with Crippen LogP contribution in [0.1, 0.15) is 42.1 Å². The van der Waals surface area contributed by atoms with E-state index in [2.05, 4.69) is 87.5 Å². The molecular weight excluding hydrogens is 468 g/mol. The van der Waals surface area contributed by atoms with Crippen molar-refractivity contribution in [3.05, 3.63) is 127 Å². The summed E-state index contributed by atoms with van der Waals surface area (Å²) in [5.74, 6) is 0.563. The molecule has 5 rings (SSSR count). The Kier molecular flexibility index (Phi) is 7.05. The van der Waals surface area contributed by atoms with E-state index in [-0.39, 0.29) is 0 Å². The minimum Gasteiger partial charge on any atom is -0.359 e. The summed E-state index contributed by atoms with van der Waals surface area (Å²) in [7, 11) is 0. The molecule has 1 fully saturated rings. The third-order valence-electron chi connectivity index (χ3n) is 6.79. The summed E-state index contributed by atoms with van der Waals surface area (Å²) in [6.07, 6.45) is 17.7. The lowest BCUT2D eigenvalue weighted by Gasteiger charge is -2.11. The molecule has 1 aliphatic rings. The molecule has 0 bridgehead atoms. The molecule has 6 heteroatoms. The first-order chi connectivity index (χ1) is 18.5. The summed E-state index contributed by atoms with van der Waals surface area (Å²) in [5.41, 5.74) is 10.7. The van der Waals surface area contributed by atoms with Gasteiger partial charge in [-0.15, -0.1) is 0 Å². The first-order valence-electron chi connectivity index (χ1n) is 12.8. The third-order valence-corrected chi connectivity index (χ3v) is 6.79. The van der Waals surface area contributed by atoms with Crippen LogP contribution in [0.5, 0.6) is 0 Å². The maximum absolute atomic E-state index is 4.65. The maximum Gasteiger partial charge on any atom is 0.181 e. The second kappa shape index (κ2) is 10.7. The molecule has 0 aromatic carbocycles. The zero-order chi connectivity index (χ0) is 26.6. The van der Waals surface area contributed by atoms with E-state index in [0.717, 1.165) is 61.7 Å². The van der Waals surface area contributed by atoms with Gasteiger partial charge in [-0.05, 0) is 74.1 Å². The van der Waals surface area contributed by atoms with Gasteiger partial charge < -0.3 is 10.3 Å². The van der Waals surface area contributed by atoms with E-state index >= 15 is 0 Å². The lowest BCUT2D eigenvalue weighted by atomic mass is 9.98. The Labute approximate surface area is 223 Å². The number of aromatic nitrogens is 5. The molecule has 0 radical (unpaired) electrons. The molecule has 0 amide bonds. The van der Waals surface area contributed by atoms with E-state index in [1.54, 1.807) is 12.3 Å². The zero-order valence-corrected chi connectivity index (χ0v) is 21.9. The fourth-order valence-electron chi connectivity index (χ4n) is 4.58. The number of pyridine rings is 2. The van der Waals surface area contributed by atoms with E-state index in [1.165, 1.54) is 12.8 Å². The Morgan fingerprint density at radius 2 is 2.00 bits per heavy atom. The molecule has 4 heterocycles. The van der Waals surface area contributed by atoms with Gasteiger partial charge in [0, 0.05) is 57.8 Å². The predicted molar refractivity (Wildman–Crippen MR) is 157 cm³/mol. The van der Waals surface area contributed by atoms with Crippen LogP contribution in [0.4, 0.5) is 0 Å². The lowest BCUT2D eigenvalue weighted by molar-refractivity contribution is 0.865. The molecule has 0 saturated heterocycles. The zero-order valence-electron chi connectivity index (χ0n) is 21.9. The summed E-state index contributed by atoms with van der Waals surface area (Å²) >= 11 is 0. The van der Waals surface area contributed by atoms with Crippen molar-refractivity contribution in [2.24, 2.45) is 5.92 Å². The van der Waals surface area contributed by atoms with Crippen LogP contribution in [-0.2, 0) is 0 Å². The van der Waals surface area contributed by atoms with Crippen molar-refractivity contribution in [3.63, 3.8) is 0 Å². The van der Waals surface area contributed by atoms with Crippen molar-refractivity contribution < 1.29 is 0 Å². The largest absolute Gasteiger partial charge is 0.359 e. The number of nitrogens with one attached hydrogen (secondary N) is 3. The first-order valence-corrected chi connectivity index (χ1v) is 12.8. The van der Waals surface area contributed by atoms with Gasteiger partial charge in [0.1, 0.15) is 0 Å². The SMILES string of the molecule is C=C/C=C(/c1cccnc1)c1cc(-c2[nH]nc3ncc(C(/C=C(\C=C)NC(=C)C4CC4)=C/C)cc23)[nH]c1C. The Morgan fingerprint density at radius 1 is 1.16 bits per heavy atom. The average molecular weight is 501 g/mol. The van der Waals surface area contributed by atoms with Crippen molar-refractivity contribution in [3.8, 4) is 11.4 Å². The van der Waals surface area contributed by atoms with Crippen molar-refractivity contribution in [1.82, 2.24) is 30.5 Å². The van der Waals surface area contributed by atoms with Crippen LogP contribution in [-0.4, -0.2) is 25.1 Å². The van der Waals surface area contributed by atoms with Gasteiger partial charge in [-0.3, -0.25) is 10.1 Å². The molecular formula is C32H32N6. The molecule has 6 nitrogen and oxygen atoms in total. The fraction of sp³-hybridized carbons (Fsp3) is 0.156. The number of aryl methyl sites for hydroxylation is 1. The minimum absolute atomic E-state index is 0.563. The molecule has 1 aliphatic carbocycles. The maximum atomic E-state index is 4.65. The van der Waals surface area contributed by atoms with Gasteiger partial charge in [0.05, 0.1) is 11.4 Å². The highest BCUT2D eigenvalue weighted by molar-refractivity contribution is 5.94. The standard InChI is InChI=1S/C32H32N6/c1-6-10-27(24-11-9-14-33-18-24)28-17-30(36-21(28)5)31-29-16-25(19-34-32(29)38-37-31)22(7-2)15-26(8-3)35-20(4)23-12-13-23/h6-11,14-19,23,35-36H,1,3-4,12-13H2,2,5H3,(H,34,37,38)/b22-7+,26-15+,27-10-. The third kappa shape index (κ3) is 5.06. The number of hydrogen-bond acceptors (Lipinski definition) is 4.